The Morgan fingerprint density at radius 2 is 1.97 bits per heavy atom. The number of urea groups is 1. The Morgan fingerprint density at radius 3 is 2.62 bits per heavy atom. The fourth-order valence-corrected chi connectivity index (χ4v) is 5.18. The molecule has 1 aromatic carbocycles. The number of ether oxygens (including phenoxy) is 2. The van der Waals surface area contributed by atoms with E-state index in [1.807, 2.05) is 50.5 Å². The van der Waals surface area contributed by atoms with Crippen molar-refractivity contribution in [2.45, 2.75) is 39.7 Å². The first kappa shape index (κ1) is 26.4. The first-order valence-electron chi connectivity index (χ1n) is 12.7. The zero-order chi connectivity index (χ0) is 26.5. The van der Waals surface area contributed by atoms with Gasteiger partial charge >= 0.3 is 12.0 Å². The maximum atomic E-state index is 13.2. The van der Waals surface area contributed by atoms with Crippen LogP contribution in [-0.2, 0) is 21.3 Å². The number of aryl methyl sites for hydroxylation is 1. The third-order valence-corrected chi connectivity index (χ3v) is 7.07. The Kier molecular flexibility index (Phi) is 8.27. The third-order valence-electron chi connectivity index (χ3n) is 7.07. The fourth-order valence-electron chi connectivity index (χ4n) is 5.18. The second-order valence-electron chi connectivity index (χ2n) is 9.70. The number of hydrogen-bond donors (Lipinski definition) is 2. The SMILES string of the molecule is CCOC(=O)C(COC)[C@H]1C[C@@H](C)[C@H](NC(=O)Nc2c(C)c(-c3cnn(C)c3)nn2-c2ccccc2)C1. The number of amides is 2. The van der Waals surface area contributed by atoms with Crippen LogP contribution in [0.3, 0.4) is 0 Å². The van der Waals surface area contributed by atoms with Crippen LogP contribution in [0.1, 0.15) is 32.3 Å². The van der Waals surface area contributed by atoms with Gasteiger partial charge in [0.2, 0.25) is 0 Å². The maximum absolute atomic E-state index is 13.2. The molecule has 2 aromatic heterocycles. The van der Waals surface area contributed by atoms with Crippen LogP contribution in [0.4, 0.5) is 10.6 Å². The summed E-state index contributed by atoms with van der Waals surface area (Å²) in [4.78, 5) is 25.8. The molecule has 2 amide bonds. The van der Waals surface area contributed by atoms with E-state index in [0.717, 1.165) is 28.9 Å². The number of carbonyl (C=O) groups is 2. The van der Waals surface area contributed by atoms with E-state index < -0.39 is 0 Å². The van der Waals surface area contributed by atoms with Crippen LogP contribution in [0.2, 0.25) is 0 Å². The summed E-state index contributed by atoms with van der Waals surface area (Å²) in [5.74, 6) is 0.292. The first-order chi connectivity index (χ1) is 17.8. The van der Waals surface area contributed by atoms with E-state index in [2.05, 4.69) is 22.7 Å². The zero-order valence-corrected chi connectivity index (χ0v) is 22.1. The number of esters is 1. The van der Waals surface area contributed by atoms with Crippen LogP contribution < -0.4 is 10.6 Å². The van der Waals surface area contributed by atoms with Crippen molar-refractivity contribution in [1.29, 1.82) is 0 Å². The van der Waals surface area contributed by atoms with Gasteiger partial charge in [0.1, 0.15) is 11.5 Å². The van der Waals surface area contributed by atoms with Crippen LogP contribution in [-0.4, -0.2) is 57.9 Å². The monoisotopic (exact) mass is 508 g/mol. The van der Waals surface area contributed by atoms with Crippen molar-refractivity contribution in [1.82, 2.24) is 24.9 Å². The van der Waals surface area contributed by atoms with Crippen LogP contribution >= 0.6 is 0 Å². The van der Waals surface area contributed by atoms with Crippen LogP contribution in [0, 0.1) is 24.7 Å². The number of nitrogens with zero attached hydrogens (tertiary/aromatic N) is 4. The lowest BCUT2D eigenvalue weighted by Gasteiger charge is -2.21. The van der Waals surface area contributed by atoms with Gasteiger partial charge < -0.3 is 14.8 Å². The maximum Gasteiger partial charge on any atom is 0.320 e. The molecule has 3 aromatic rings. The molecule has 10 heteroatoms. The number of para-hydroxylation sites is 1. The van der Waals surface area contributed by atoms with Crippen LogP contribution in [0.5, 0.6) is 0 Å². The summed E-state index contributed by atoms with van der Waals surface area (Å²) in [6.07, 6.45) is 5.15. The number of carbonyl (C=O) groups excluding carboxylic acids is 2. The summed E-state index contributed by atoms with van der Waals surface area (Å²) in [5, 5.41) is 15.3. The van der Waals surface area contributed by atoms with Crippen molar-refractivity contribution in [3.63, 3.8) is 0 Å². The van der Waals surface area contributed by atoms with Crippen molar-refractivity contribution in [3.05, 3.63) is 48.3 Å². The predicted molar refractivity (Wildman–Crippen MR) is 140 cm³/mol. The number of hydrogen-bond acceptors (Lipinski definition) is 6. The van der Waals surface area contributed by atoms with E-state index in [1.165, 1.54) is 0 Å². The number of anilines is 1. The van der Waals surface area contributed by atoms with E-state index in [0.29, 0.717) is 25.5 Å². The van der Waals surface area contributed by atoms with Gasteiger partial charge in [-0.05, 0) is 50.7 Å². The molecule has 198 valence electrons. The minimum Gasteiger partial charge on any atom is -0.466 e. The van der Waals surface area contributed by atoms with Crippen LogP contribution in [0.15, 0.2) is 42.7 Å². The minimum absolute atomic E-state index is 0.0769. The standard InChI is InChI=1S/C27H36N6O4/c1-6-37-26(34)22(16-36-5)19-12-17(2)23(13-19)29-27(35)30-25-18(3)24(20-14-28-32(4)15-20)31-33(25)21-10-8-7-9-11-21/h7-11,14-15,17,19,22-23H,6,12-13,16H2,1-5H3,(H2,29,30,35)/t17-,19+,22?,23-/m1/s1. The predicted octanol–water partition coefficient (Wildman–Crippen LogP) is 3.94. The third kappa shape index (κ3) is 5.85. The van der Waals surface area contributed by atoms with Gasteiger partial charge in [0, 0.05) is 37.5 Å². The molecular weight excluding hydrogens is 472 g/mol. The molecular formula is C27H36N6O4. The molecule has 0 saturated heterocycles. The molecule has 1 saturated carbocycles. The lowest BCUT2D eigenvalue weighted by atomic mass is 9.90. The molecule has 0 bridgehead atoms. The summed E-state index contributed by atoms with van der Waals surface area (Å²) < 4.78 is 14.0. The molecule has 10 nitrogen and oxygen atoms in total. The number of methoxy groups -OCH3 is 1. The van der Waals surface area contributed by atoms with E-state index in [9.17, 15) is 9.59 Å². The van der Waals surface area contributed by atoms with Gasteiger partial charge in [-0.2, -0.15) is 10.2 Å². The second-order valence-corrected chi connectivity index (χ2v) is 9.70. The van der Waals surface area contributed by atoms with Gasteiger partial charge in [-0.25, -0.2) is 9.48 Å². The average Bonchev–Trinajstić information content (AvgIpc) is 3.56. The molecule has 2 heterocycles. The van der Waals surface area contributed by atoms with E-state index in [1.54, 1.807) is 29.6 Å². The molecule has 0 spiro atoms. The van der Waals surface area contributed by atoms with Crippen LogP contribution in [0.25, 0.3) is 16.9 Å². The molecule has 1 unspecified atom stereocenters. The highest BCUT2D eigenvalue weighted by molar-refractivity contribution is 5.91. The molecule has 1 fully saturated rings. The van der Waals surface area contributed by atoms with Gasteiger partial charge in [0.25, 0.3) is 0 Å². The van der Waals surface area contributed by atoms with Gasteiger partial charge in [0.05, 0.1) is 31.0 Å². The van der Waals surface area contributed by atoms with E-state index >= 15 is 0 Å². The number of rotatable bonds is 9. The minimum atomic E-state index is -0.342. The Bertz CT molecular complexity index is 1220. The Hall–Kier alpha value is -3.66. The smallest absolute Gasteiger partial charge is 0.320 e. The lowest BCUT2D eigenvalue weighted by Crippen LogP contribution is -2.40. The number of nitrogens with one attached hydrogen (secondary N) is 2. The van der Waals surface area contributed by atoms with Gasteiger partial charge in [-0.3, -0.25) is 14.8 Å². The molecule has 4 rings (SSSR count). The van der Waals surface area contributed by atoms with Crippen molar-refractivity contribution < 1.29 is 19.1 Å². The molecule has 1 aliphatic rings. The van der Waals surface area contributed by atoms with Crippen molar-refractivity contribution in [2.75, 3.05) is 25.6 Å². The summed E-state index contributed by atoms with van der Waals surface area (Å²) in [5.41, 5.74) is 3.29. The summed E-state index contributed by atoms with van der Waals surface area (Å²) in [7, 11) is 3.45. The molecule has 1 aliphatic carbocycles. The Morgan fingerprint density at radius 1 is 1.22 bits per heavy atom. The highest BCUT2D eigenvalue weighted by Crippen LogP contribution is 2.37. The molecule has 0 radical (unpaired) electrons. The van der Waals surface area contributed by atoms with Gasteiger partial charge in [-0.1, -0.05) is 25.1 Å². The van der Waals surface area contributed by atoms with Crippen molar-refractivity contribution in [3.8, 4) is 16.9 Å². The van der Waals surface area contributed by atoms with Gasteiger partial charge in [-0.15, -0.1) is 0 Å². The summed E-state index contributed by atoms with van der Waals surface area (Å²) in [6, 6.07) is 9.29. The van der Waals surface area contributed by atoms with Gasteiger partial charge in [0.15, 0.2) is 0 Å². The molecule has 0 aliphatic heterocycles. The first-order valence-corrected chi connectivity index (χ1v) is 12.7. The normalized spacial score (nSPS) is 20.0. The number of benzene rings is 1. The largest absolute Gasteiger partial charge is 0.466 e. The molecule has 37 heavy (non-hydrogen) atoms. The molecule has 4 atom stereocenters. The summed E-state index contributed by atoms with van der Waals surface area (Å²) in [6.45, 7) is 6.48. The Balaban J connectivity index is 1.53. The van der Waals surface area contributed by atoms with Crippen molar-refractivity contribution >= 4 is 17.8 Å². The van der Waals surface area contributed by atoms with E-state index in [-0.39, 0.29) is 35.8 Å². The lowest BCUT2D eigenvalue weighted by molar-refractivity contribution is -0.152. The Labute approximate surface area is 217 Å². The fraction of sp³-hybridized carbons (Fsp3) is 0.481. The highest BCUT2D eigenvalue weighted by atomic mass is 16.5. The van der Waals surface area contributed by atoms with Crippen molar-refractivity contribution in [2.24, 2.45) is 24.8 Å². The number of aromatic nitrogens is 4. The average molecular weight is 509 g/mol. The topological polar surface area (TPSA) is 112 Å². The quantitative estimate of drug-likeness (QED) is 0.424. The van der Waals surface area contributed by atoms with E-state index in [4.69, 9.17) is 14.6 Å². The molecule has 2 N–H and O–H groups in total. The zero-order valence-electron chi connectivity index (χ0n) is 22.1. The summed E-state index contributed by atoms with van der Waals surface area (Å²) >= 11 is 0. The highest BCUT2D eigenvalue weighted by Gasteiger charge is 2.40. The second kappa shape index (κ2) is 11.6.